The number of carboxylic acids is 1. The van der Waals surface area contributed by atoms with Gasteiger partial charge in [-0.2, -0.15) is 0 Å². The summed E-state index contributed by atoms with van der Waals surface area (Å²) in [6.07, 6.45) is 0.213. The van der Waals surface area contributed by atoms with Gasteiger partial charge in [0.05, 0.1) is 0 Å². The van der Waals surface area contributed by atoms with Crippen molar-refractivity contribution in [1.82, 2.24) is 15.1 Å². The lowest BCUT2D eigenvalue weighted by Gasteiger charge is -2.50. The summed E-state index contributed by atoms with van der Waals surface area (Å²) in [6, 6.07) is 26.5. The molecule has 0 aromatic heterocycles. The van der Waals surface area contributed by atoms with Crippen LogP contribution < -0.4 is 5.32 Å². The Morgan fingerprint density at radius 1 is 0.878 bits per heavy atom. The average molecular weight is 554 g/mol. The van der Waals surface area contributed by atoms with Gasteiger partial charge < -0.3 is 20.1 Å². The van der Waals surface area contributed by atoms with E-state index in [9.17, 15) is 19.5 Å². The molecular weight excluding hydrogens is 518 g/mol. The summed E-state index contributed by atoms with van der Waals surface area (Å²) in [7, 11) is 0. The molecule has 2 heterocycles. The number of ether oxygens (including phenoxy) is 1. The van der Waals surface area contributed by atoms with Crippen molar-refractivity contribution in [3.63, 3.8) is 0 Å². The van der Waals surface area contributed by atoms with Crippen molar-refractivity contribution in [1.29, 1.82) is 0 Å². The summed E-state index contributed by atoms with van der Waals surface area (Å²) < 4.78 is 5.82. The first-order valence-electron chi connectivity index (χ1n) is 14.2. The smallest absolute Gasteiger partial charge is 0.408 e. The molecule has 8 nitrogen and oxygen atoms in total. The number of carboxylic acid groups (broad SMARTS) is 1. The first-order valence-corrected chi connectivity index (χ1v) is 14.2. The van der Waals surface area contributed by atoms with Gasteiger partial charge in [-0.15, -0.1) is 0 Å². The Hall–Kier alpha value is -4.17. The summed E-state index contributed by atoms with van der Waals surface area (Å²) >= 11 is 0. The number of hydrogen-bond donors (Lipinski definition) is 2. The molecule has 2 N–H and O–H groups in total. The van der Waals surface area contributed by atoms with Crippen LogP contribution in [0.5, 0.6) is 0 Å². The van der Waals surface area contributed by atoms with Crippen LogP contribution in [0.3, 0.4) is 0 Å². The third-order valence-electron chi connectivity index (χ3n) is 8.94. The largest absolute Gasteiger partial charge is 0.481 e. The Morgan fingerprint density at radius 3 is 2.02 bits per heavy atom. The minimum atomic E-state index is -1.14. The molecule has 0 atom stereocenters. The number of piperidine rings is 1. The maximum atomic E-state index is 13.8. The Kier molecular flexibility index (Phi) is 7.03. The highest BCUT2D eigenvalue weighted by Crippen LogP contribution is 2.44. The van der Waals surface area contributed by atoms with E-state index < -0.39 is 23.0 Å². The van der Waals surface area contributed by atoms with Crippen LogP contribution in [0.1, 0.15) is 42.4 Å². The standard InChI is InChI=1S/C33H35N3O5/c1-32(30(38)39)21-36(22-32)29(37)33(15-17-35(18-16-33)19-23-9-3-2-4-10-23)34-31(40)41-20-28-26-13-7-5-11-24(26)25-12-6-8-14-27(25)28/h2-14,28H,15-22H2,1H3,(H,34,40)(H,38,39). The molecule has 3 aromatic rings. The van der Waals surface area contributed by atoms with Gasteiger partial charge in [0.15, 0.2) is 0 Å². The van der Waals surface area contributed by atoms with Gasteiger partial charge in [0.2, 0.25) is 5.91 Å². The maximum Gasteiger partial charge on any atom is 0.408 e. The van der Waals surface area contributed by atoms with E-state index in [0.717, 1.165) is 28.8 Å². The molecule has 0 saturated carbocycles. The van der Waals surface area contributed by atoms with Gasteiger partial charge in [-0.05, 0) is 47.6 Å². The molecule has 2 saturated heterocycles. The zero-order valence-electron chi connectivity index (χ0n) is 23.2. The van der Waals surface area contributed by atoms with E-state index in [0.29, 0.717) is 25.9 Å². The number of fused-ring (bicyclic) bond motifs is 3. The zero-order valence-corrected chi connectivity index (χ0v) is 23.2. The molecule has 0 bridgehead atoms. The molecule has 0 spiro atoms. The van der Waals surface area contributed by atoms with Crippen LogP contribution in [-0.4, -0.2) is 71.2 Å². The molecule has 2 amide bonds. The number of aliphatic carboxylic acids is 1. The molecule has 8 heteroatoms. The quantitative estimate of drug-likeness (QED) is 0.447. The summed E-state index contributed by atoms with van der Waals surface area (Å²) in [5.41, 5.74) is 3.62. The number of amides is 2. The second kappa shape index (κ2) is 10.7. The number of likely N-dealkylation sites (tertiary alicyclic amines) is 2. The van der Waals surface area contributed by atoms with Gasteiger partial charge >= 0.3 is 12.1 Å². The van der Waals surface area contributed by atoms with Crippen LogP contribution in [0.2, 0.25) is 0 Å². The Bertz CT molecular complexity index is 1410. The van der Waals surface area contributed by atoms with Crippen molar-refractivity contribution in [2.24, 2.45) is 5.41 Å². The second-order valence-electron chi connectivity index (χ2n) is 11.8. The number of benzene rings is 3. The Balaban J connectivity index is 1.16. The molecule has 2 aliphatic heterocycles. The molecule has 2 fully saturated rings. The van der Waals surface area contributed by atoms with Gasteiger partial charge in [0, 0.05) is 38.6 Å². The summed E-state index contributed by atoms with van der Waals surface area (Å²) in [5.74, 6) is -1.24. The third kappa shape index (κ3) is 5.08. The van der Waals surface area contributed by atoms with Gasteiger partial charge in [-0.25, -0.2) is 4.79 Å². The normalized spacial score (nSPS) is 19.0. The summed E-state index contributed by atoms with van der Waals surface area (Å²) in [6.45, 7) is 4.06. The molecule has 41 heavy (non-hydrogen) atoms. The molecular formula is C33H35N3O5. The Morgan fingerprint density at radius 2 is 1.44 bits per heavy atom. The van der Waals surface area contributed by atoms with E-state index >= 15 is 0 Å². The van der Waals surface area contributed by atoms with Crippen LogP contribution in [0, 0.1) is 5.41 Å². The van der Waals surface area contributed by atoms with Crippen molar-refractivity contribution in [2.75, 3.05) is 32.8 Å². The van der Waals surface area contributed by atoms with Gasteiger partial charge in [0.25, 0.3) is 0 Å². The summed E-state index contributed by atoms with van der Waals surface area (Å²) in [5, 5.41) is 12.5. The van der Waals surface area contributed by atoms with Crippen molar-refractivity contribution in [3.8, 4) is 11.1 Å². The minimum absolute atomic E-state index is 0.0841. The van der Waals surface area contributed by atoms with E-state index in [2.05, 4.69) is 46.6 Å². The van der Waals surface area contributed by atoms with E-state index in [1.54, 1.807) is 11.8 Å². The summed E-state index contributed by atoms with van der Waals surface area (Å²) in [4.78, 5) is 42.7. The van der Waals surface area contributed by atoms with Crippen LogP contribution in [-0.2, 0) is 20.9 Å². The lowest BCUT2D eigenvalue weighted by molar-refractivity contribution is -0.167. The fourth-order valence-electron chi connectivity index (χ4n) is 6.53. The Labute approximate surface area is 239 Å². The predicted octanol–water partition coefficient (Wildman–Crippen LogP) is 4.49. The van der Waals surface area contributed by atoms with Crippen molar-refractivity contribution in [2.45, 2.75) is 37.8 Å². The minimum Gasteiger partial charge on any atom is -0.481 e. The first kappa shape index (κ1) is 27.0. The van der Waals surface area contributed by atoms with Crippen molar-refractivity contribution < 1.29 is 24.2 Å². The van der Waals surface area contributed by atoms with Crippen molar-refractivity contribution in [3.05, 3.63) is 95.6 Å². The van der Waals surface area contributed by atoms with E-state index in [4.69, 9.17) is 4.74 Å². The van der Waals surface area contributed by atoms with Gasteiger partial charge in [0.1, 0.15) is 17.6 Å². The number of alkyl carbamates (subject to hydrolysis) is 1. The molecule has 0 radical (unpaired) electrons. The van der Waals surface area contributed by atoms with E-state index in [1.807, 2.05) is 42.5 Å². The zero-order chi connectivity index (χ0) is 28.6. The van der Waals surface area contributed by atoms with Crippen molar-refractivity contribution >= 4 is 18.0 Å². The van der Waals surface area contributed by atoms with Gasteiger partial charge in [-0.1, -0.05) is 78.9 Å². The van der Waals surface area contributed by atoms with Crippen LogP contribution in [0.15, 0.2) is 78.9 Å². The van der Waals surface area contributed by atoms with Crippen LogP contribution in [0.4, 0.5) is 4.79 Å². The molecule has 3 aliphatic rings. The monoisotopic (exact) mass is 553 g/mol. The highest BCUT2D eigenvalue weighted by Gasteiger charge is 2.53. The van der Waals surface area contributed by atoms with E-state index in [-0.39, 0.29) is 31.5 Å². The van der Waals surface area contributed by atoms with Gasteiger partial charge in [-0.3, -0.25) is 14.5 Å². The molecule has 6 rings (SSSR count). The lowest BCUT2D eigenvalue weighted by Crippen LogP contribution is -2.70. The topological polar surface area (TPSA) is 99.2 Å². The number of hydrogen-bond acceptors (Lipinski definition) is 5. The highest BCUT2D eigenvalue weighted by molar-refractivity contribution is 5.92. The molecule has 212 valence electrons. The predicted molar refractivity (Wildman–Crippen MR) is 154 cm³/mol. The maximum absolute atomic E-state index is 13.8. The third-order valence-corrected chi connectivity index (χ3v) is 8.94. The lowest BCUT2D eigenvalue weighted by atomic mass is 9.78. The SMILES string of the molecule is CC1(C(=O)O)CN(C(=O)C2(NC(=O)OCC3c4ccccc4-c4ccccc43)CCN(Cc3ccccc3)CC2)C1. The number of carbonyl (C=O) groups excluding carboxylic acids is 2. The van der Waals surface area contributed by atoms with Crippen LogP contribution in [0.25, 0.3) is 11.1 Å². The average Bonchev–Trinajstić information content (AvgIpc) is 3.29. The second-order valence-corrected chi connectivity index (χ2v) is 11.8. The fraction of sp³-hybridized carbons (Fsp3) is 0.364. The molecule has 0 unspecified atom stereocenters. The number of nitrogens with one attached hydrogen (secondary N) is 1. The number of carbonyl (C=O) groups is 3. The van der Waals surface area contributed by atoms with Crippen LogP contribution >= 0.6 is 0 Å². The number of nitrogens with zero attached hydrogens (tertiary/aromatic N) is 2. The molecule has 1 aliphatic carbocycles. The van der Waals surface area contributed by atoms with E-state index in [1.165, 1.54) is 5.56 Å². The highest BCUT2D eigenvalue weighted by atomic mass is 16.5. The number of rotatable bonds is 7. The molecule has 3 aromatic carbocycles. The first-order chi connectivity index (χ1) is 19.8. The fourth-order valence-corrected chi connectivity index (χ4v) is 6.53.